The number of ether oxygens (including phenoxy) is 2. The molecule has 1 aromatic carbocycles. The number of aldehydes is 1. The van der Waals surface area contributed by atoms with E-state index in [0.29, 0.717) is 37.1 Å². The lowest BCUT2D eigenvalue weighted by atomic mass is 10.1. The van der Waals surface area contributed by atoms with Crippen molar-refractivity contribution in [3.8, 4) is 11.5 Å². The minimum absolute atomic E-state index is 0.0644. The molecule has 1 saturated heterocycles. The molecular weight excluding hydrogens is 468 g/mol. The molecule has 3 rings (SSSR count). The minimum Gasteiger partial charge on any atom is -0.507 e. The number of rotatable bonds is 8. The van der Waals surface area contributed by atoms with E-state index in [1.54, 1.807) is 35.4 Å². The predicted molar refractivity (Wildman–Crippen MR) is 122 cm³/mol. The Hall–Kier alpha value is -3.06. The standard InChI is InChI=1S/C20H22N2O6.C2H6O3S/c23-9-6-17-15(3-2-7-21-17)20(26)22-8-10-27-12-14(22)13-28-19-5-1-4-18(25)16(19)11-24;1-2-6(3,4)5/h1-5,7,11,14,23,25H,6,8-10,12-13H2;2H2,1H3,(H,3,4,5)/t14-;/m0./s1. The van der Waals surface area contributed by atoms with E-state index in [0.717, 1.165) is 0 Å². The number of hydrogen-bond donors (Lipinski definition) is 3. The highest BCUT2D eigenvalue weighted by Gasteiger charge is 2.30. The van der Waals surface area contributed by atoms with Crippen molar-refractivity contribution in [2.75, 3.05) is 38.7 Å². The molecule has 1 aromatic heterocycles. The molecule has 0 aliphatic carbocycles. The fourth-order valence-electron chi connectivity index (χ4n) is 3.12. The molecule has 1 aliphatic rings. The van der Waals surface area contributed by atoms with Crippen LogP contribution in [-0.2, 0) is 21.3 Å². The normalized spacial score (nSPS) is 15.7. The van der Waals surface area contributed by atoms with Crippen LogP contribution in [0.2, 0.25) is 0 Å². The van der Waals surface area contributed by atoms with E-state index in [4.69, 9.17) is 14.0 Å². The van der Waals surface area contributed by atoms with Crippen molar-refractivity contribution in [1.29, 1.82) is 0 Å². The highest BCUT2D eigenvalue weighted by atomic mass is 32.2. The molecule has 1 aliphatic heterocycles. The number of hydrogen-bond acceptors (Lipinski definition) is 9. The summed E-state index contributed by atoms with van der Waals surface area (Å²) in [6, 6.07) is 7.57. The van der Waals surface area contributed by atoms with Crippen LogP contribution in [-0.4, -0.2) is 90.0 Å². The van der Waals surface area contributed by atoms with E-state index >= 15 is 0 Å². The lowest BCUT2D eigenvalue weighted by molar-refractivity contribution is -0.0152. The third-order valence-electron chi connectivity index (χ3n) is 4.91. The molecule has 0 bridgehead atoms. The predicted octanol–water partition coefficient (Wildman–Crippen LogP) is 0.949. The molecule has 0 saturated carbocycles. The van der Waals surface area contributed by atoms with Gasteiger partial charge in [0.25, 0.3) is 16.0 Å². The van der Waals surface area contributed by atoms with Gasteiger partial charge in [0.05, 0.1) is 41.8 Å². The Balaban J connectivity index is 0.000000604. The van der Waals surface area contributed by atoms with Crippen molar-refractivity contribution in [3.63, 3.8) is 0 Å². The quantitative estimate of drug-likeness (QED) is 0.354. The molecule has 2 aromatic rings. The zero-order valence-corrected chi connectivity index (χ0v) is 19.5. The lowest BCUT2D eigenvalue weighted by Crippen LogP contribution is -2.51. The van der Waals surface area contributed by atoms with Gasteiger partial charge in [0.1, 0.15) is 18.1 Å². The van der Waals surface area contributed by atoms with Crippen molar-refractivity contribution in [1.82, 2.24) is 9.88 Å². The number of nitrogens with zero attached hydrogens (tertiary/aromatic N) is 2. The number of aliphatic hydroxyl groups is 1. The first-order chi connectivity index (χ1) is 16.2. The molecule has 0 spiro atoms. The van der Waals surface area contributed by atoms with Crippen molar-refractivity contribution in [2.45, 2.75) is 19.4 Å². The van der Waals surface area contributed by atoms with E-state index in [9.17, 15) is 28.2 Å². The zero-order chi connectivity index (χ0) is 25.1. The Bertz CT molecular complexity index is 1080. The second kappa shape index (κ2) is 13.0. The van der Waals surface area contributed by atoms with Gasteiger partial charge in [0.15, 0.2) is 6.29 Å². The van der Waals surface area contributed by atoms with Gasteiger partial charge in [-0.05, 0) is 31.2 Å². The van der Waals surface area contributed by atoms with Gasteiger partial charge in [-0.25, -0.2) is 0 Å². The summed E-state index contributed by atoms with van der Waals surface area (Å²) in [6.07, 6.45) is 2.41. The smallest absolute Gasteiger partial charge is 0.264 e. The largest absolute Gasteiger partial charge is 0.507 e. The molecule has 34 heavy (non-hydrogen) atoms. The van der Waals surface area contributed by atoms with Crippen molar-refractivity contribution in [2.24, 2.45) is 0 Å². The van der Waals surface area contributed by atoms with Crippen LogP contribution in [0.25, 0.3) is 0 Å². The Labute approximate surface area is 197 Å². The summed E-state index contributed by atoms with van der Waals surface area (Å²) in [5.74, 6) is -0.327. The molecule has 0 unspecified atom stereocenters. The minimum atomic E-state index is -3.66. The first-order valence-corrected chi connectivity index (χ1v) is 12.1. The first kappa shape index (κ1) is 27.2. The SMILES string of the molecule is CCS(=O)(=O)O.O=Cc1c(O)cccc1OC[C@@H]1COCCN1C(=O)c1cccnc1CCO. The number of carbonyl (C=O) groups excluding carboxylic acids is 2. The van der Waals surface area contributed by atoms with Gasteiger partial charge in [-0.2, -0.15) is 8.42 Å². The summed E-state index contributed by atoms with van der Waals surface area (Å²) in [5.41, 5.74) is 1.04. The number of benzene rings is 1. The van der Waals surface area contributed by atoms with Gasteiger partial charge in [0, 0.05) is 25.8 Å². The molecule has 1 atom stereocenters. The number of phenolic OH excluding ortho intramolecular Hbond substituents is 1. The summed E-state index contributed by atoms with van der Waals surface area (Å²) < 4.78 is 38.1. The van der Waals surface area contributed by atoms with Crippen LogP contribution in [0.3, 0.4) is 0 Å². The maximum atomic E-state index is 13.1. The highest BCUT2D eigenvalue weighted by molar-refractivity contribution is 7.85. The average molecular weight is 497 g/mol. The molecule has 186 valence electrons. The van der Waals surface area contributed by atoms with Crippen LogP contribution < -0.4 is 4.74 Å². The molecule has 1 amide bonds. The Morgan fingerprint density at radius 1 is 1.32 bits per heavy atom. The van der Waals surface area contributed by atoms with Crippen molar-refractivity contribution in [3.05, 3.63) is 53.3 Å². The van der Waals surface area contributed by atoms with Gasteiger partial charge in [-0.3, -0.25) is 19.1 Å². The van der Waals surface area contributed by atoms with E-state index in [2.05, 4.69) is 4.98 Å². The number of aromatic hydroxyl groups is 1. The highest BCUT2D eigenvalue weighted by Crippen LogP contribution is 2.26. The fourth-order valence-corrected chi connectivity index (χ4v) is 3.12. The summed E-state index contributed by atoms with van der Waals surface area (Å²) in [5, 5.41) is 19.0. The summed E-state index contributed by atoms with van der Waals surface area (Å²) >= 11 is 0. The summed E-state index contributed by atoms with van der Waals surface area (Å²) in [7, 11) is -3.66. The Morgan fingerprint density at radius 2 is 2.06 bits per heavy atom. The lowest BCUT2D eigenvalue weighted by Gasteiger charge is -2.35. The fraction of sp³-hybridized carbons (Fsp3) is 0.409. The Morgan fingerprint density at radius 3 is 2.71 bits per heavy atom. The van der Waals surface area contributed by atoms with E-state index in [-0.39, 0.29) is 54.6 Å². The second-order valence-electron chi connectivity index (χ2n) is 7.19. The van der Waals surface area contributed by atoms with Crippen LogP contribution in [0.4, 0.5) is 0 Å². The Kier molecular flexibility index (Phi) is 10.4. The van der Waals surface area contributed by atoms with Crippen LogP contribution in [0.15, 0.2) is 36.5 Å². The molecule has 11 nitrogen and oxygen atoms in total. The van der Waals surface area contributed by atoms with Crippen LogP contribution in [0, 0.1) is 0 Å². The third-order valence-corrected chi connectivity index (χ3v) is 5.64. The monoisotopic (exact) mass is 496 g/mol. The number of morpholine rings is 1. The number of pyridine rings is 1. The molecule has 0 radical (unpaired) electrons. The average Bonchev–Trinajstić information content (AvgIpc) is 2.83. The maximum Gasteiger partial charge on any atom is 0.264 e. The molecule has 3 N–H and O–H groups in total. The van der Waals surface area contributed by atoms with E-state index in [1.165, 1.54) is 13.0 Å². The number of carbonyl (C=O) groups is 2. The van der Waals surface area contributed by atoms with Crippen LogP contribution in [0.1, 0.15) is 33.3 Å². The number of aromatic nitrogens is 1. The van der Waals surface area contributed by atoms with E-state index < -0.39 is 10.1 Å². The number of amides is 1. The van der Waals surface area contributed by atoms with E-state index in [1.807, 2.05) is 0 Å². The topological polar surface area (TPSA) is 164 Å². The van der Waals surface area contributed by atoms with Crippen molar-refractivity contribution >= 4 is 22.3 Å². The summed E-state index contributed by atoms with van der Waals surface area (Å²) in [4.78, 5) is 30.1. The van der Waals surface area contributed by atoms with Gasteiger partial charge >= 0.3 is 0 Å². The van der Waals surface area contributed by atoms with Crippen molar-refractivity contribution < 1.29 is 42.2 Å². The van der Waals surface area contributed by atoms with Crippen LogP contribution >= 0.6 is 0 Å². The maximum absolute atomic E-state index is 13.1. The molecular formula is C22H28N2O9S. The van der Waals surface area contributed by atoms with Crippen LogP contribution in [0.5, 0.6) is 11.5 Å². The molecule has 2 heterocycles. The van der Waals surface area contributed by atoms with Gasteiger partial charge in [-0.1, -0.05) is 6.07 Å². The third kappa shape index (κ3) is 7.76. The summed E-state index contributed by atoms with van der Waals surface area (Å²) in [6.45, 7) is 2.46. The van der Waals surface area contributed by atoms with Gasteiger partial charge in [-0.15, -0.1) is 0 Å². The van der Waals surface area contributed by atoms with Gasteiger partial charge in [0.2, 0.25) is 0 Å². The zero-order valence-electron chi connectivity index (χ0n) is 18.7. The molecule has 1 fully saturated rings. The number of phenols is 1. The number of aliphatic hydroxyl groups excluding tert-OH is 1. The van der Waals surface area contributed by atoms with Gasteiger partial charge < -0.3 is 24.6 Å². The molecule has 12 heteroatoms. The second-order valence-corrected chi connectivity index (χ2v) is 8.93. The first-order valence-electron chi connectivity index (χ1n) is 10.5.